The van der Waals surface area contributed by atoms with Gasteiger partial charge < -0.3 is 16.2 Å². The molecule has 1 heterocycles. The first-order valence-corrected chi connectivity index (χ1v) is 8.24. The molecule has 0 fully saturated rings. The maximum atomic E-state index is 12.6. The number of nitrogens with one attached hydrogen (secondary N) is 1. The van der Waals surface area contributed by atoms with Gasteiger partial charge in [-0.25, -0.2) is 9.97 Å². The Morgan fingerprint density at radius 1 is 1.15 bits per heavy atom. The zero-order valence-corrected chi connectivity index (χ0v) is 14.4. The van der Waals surface area contributed by atoms with Crippen LogP contribution in [0.2, 0.25) is 0 Å². The van der Waals surface area contributed by atoms with Gasteiger partial charge in [-0.3, -0.25) is 4.79 Å². The van der Waals surface area contributed by atoms with Gasteiger partial charge in [0.05, 0.1) is 24.5 Å². The number of nitrogen functional groups attached to an aromatic ring is 1. The minimum Gasteiger partial charge on any atom is -0.394 e. The van der Waals surface area contributed by atoms with Gasteiger partial charge in [0, 0.05) is 5.56 Å². The first-order chi connectivity index (χ1) is 12.6. The van der Waals surface area contributed by atoms with E-state index in [2.05, 4.69) is 15.3 Å². The second-order valence-corrected chi connectivity index (χ2v) is 5.97. The van der Waals surface area contributed by atoms with E-state index < -0.39 is 11.9 Å². The number of aryl methyl sites for hydroxylation is 1. The second kappa shape index (κ2) is 7.76. The van der Waals surface area contributed by atoms with E-state index >= 15 is 0 Å². The predicted molar refractivity (Wildman–Crippen MR) is 100 cm³/mol. The summed E-state index contributed by atoms with van der Waals surface area (Å²) in [5.74, 6) is -0.435. The predicted octanol–water partition coefficient (Wildman–Crippen LogP) is 2.50. The number of hydrogen-bond acceptors (Lipinski definition) is 5. The number of nitrogens with zero attached hydrogens (tertiary/aromatic N) is 2. The average Bonchev–Trinajstić information content (AvgIpc) is 2.67. The van der Waals surface area contributed by atoms with E-state index in [0.717, 1.165) is 16.7 Å². The molecule has 0 aliphatic carbocycles. The van der Waals surface area contributed by atoms with Crippen molar-refractivity contribution in [2.75, 3.05) is 12.3 Å². The molecule has 0 aliphatic rings. The van der Waals surface area contributed by atoms with Gasteiger partial charge >= 0.3 is 0 Å². The van der Waals surface area contributed by atoms with Crippen LogP contribution >= 0.6 is 0 Å². The lowest BCUT2D eigenvalue weighted by Gasteiger charge is -2.17. The Bertz CT molecular complexity index is 895. The molecule has 26 heavy (non-hydrogen) atoms. The van der Waals surface area contributed by atoms with Gasteiger partial charge in [0.25, 0.3) is 5.91 Å². The highest BCUT2D eigenvalue weighted by Crippen LogP contribution is 2.20. The lowest BCUT2D eigenvalue weighted by molar-refractivity contribution is 0.0912. The number of aromatic nitrogens is 2. The Kier molecular flexibility index (Phi) is 5.24. The van der Waals surface area contributed by atoms with Crippen LogP contribution in [0.5, 0.6) is 0 Å². The number of carbonyl (C=O) groups is 1. The van der Waals surface area contributed by atoms with Crippen molar-refractivity contribution in [1.82, 2.24) is 15.3 Å². The Morgan fingerprint density at radius 3 is 2.50 bits per heavy atom. The van der Waals surface area contributed by atoms with E-state index in [9.17, 15) is 9.90 Å². The van der Waals surface area contributed by atoms with Crippen LogP contribution in [-0.2, 0) is 0 Å². The fourth-order valence-corrected chi connectivity index (χ4v) is 2.58. The lowest BCUT2D eigenvalue weighted by Crippen LogP contribution is -2.32. The van der Waals surface area contributed by atoms with E-state index in [0.29, 0.717) is 5.69 Å². The number of benzene rings is 2. The minimum atomic E-state index is -0.548. The Morgan fingerprint density at radius 2 is 1.85 bits per heavy atom. The summed E-state index contributed by atoms with van der Waals surface area (Å²) in [6.07, 6.45) is 1.54. The molecule has 0 unspecified atom stereocenters. The topological polar surface area (TPSA) is 101 Å². The molecule has 0 aliphatic heterocycles. The summed E-state index contributed by atoms with van der Waals surface area (Å²) in [6.45, 7) is 1.76. The van der Waals surface area contributed by atoms with Crippen LogP contribution < -0.4 is 11.1 Å². The monoisotopic (exact) mass is 348 g/mol. The maximum absolute atomic E-state index is 12.6. The molecule has 132 valence electrons. The van der Waals surface area contributed by atoms with Gasteiger partial charge in [-0.15, -0.1) is 0 Å². The molecule has 1 aromatic heterocycles. The van der Waals surface area contributed by atoms with Crippen molar-refractivity contribution in [1.29, 1.82) is 0 Å². The largest absolute Gasteiger partial charge is 0.394 e. The van der Waals surface area contributed by atoms with Crippen LogP contribution in [0, 0.1) is 6.92 Å². The molecule has 3 aromatic rings. The molecule has 0 spiro atoms. The average molecular weight is 348 g/mol. The quantitative estimate of drug-likeness (QED) is 0.658. The minimum absolute atomic E-state index is 0.0393. The van der Waals surface area contributed by atoms with E-state index in [4.69, 9.17) is 5.73 Å². The molecular formula is C20H20N4O2. The third-order valence-electron chi connectivity index (χ3n) is 4.05. The van der Waals surface area contributed by atoms with E-state index in [1.165, 1.54) is 6.20 Å². The van der Waals surface area contributed by atoms with Crippen molar-refractivity contribution in [3.63, 3.8) is 0 Å². The molecule has 6 nitrogen and oxygen atoms in total. The lowest BCUT2D eigenvalue weighted by atomic mass is 10.1. The van der Waals surface area contributed by atoms with Crippen molar-refractivity contribution < 1.29 is 9.90 Å². The van der Waals surface area contributed by atoms with Crippen molar-refractivity contribution in [3.05, 3.63) is 77.6 Å². The molecular weight excluding hydrogens is 328 g/mol. The Labute approximate surface area is 151 Å². The zero-order valence-electron chi connectivity index (χ0n) is 14.4. The van der Waals surface area contributed by atoms with Crippen LogP contribution in [0.3, 0.4) is 0 Å². The van der Waals surface area contributed by atoms with Gasteiger partial charge in [0.2, 0.25) is 0 Å². The molecule has 1 amide bonds. The number of carbonyl (C=O) groups excluding carboxylic acids is 1. The highest BCUT2D eigenvalue weighted by atomic mass is 16.3. The summed E-state index contributed by atoms with van der Waals surface area (Å²) in [5, 5.41) is 12.4. The summed E-state index contributed by atoms with van der Waals surface area (Å²) >= 11 is 0. The zero-order chi connectivity index (χ0) is 18.5. The molecule has 3 rings (SSSR count). The van der Waals surface area contributed by atoms with Crippen molar-refractivity contribution in [2.45, 2.75) is 13.0 Å². The summed E-state index contributed by atoms with van der Waals surface area (Å²) in [5.41, 5.74) is 9.22. The molecule has 0 saturated heterocycles. The number of anilines is 1. The number of aliphatic hydroxyl groups excluding tert-OH is 1. The first kappa shape index (κ1) is 17.6. The van der Waals surface area contributed by atoms with Crippen molar-refractivity contribution >= 4 is 11.7 Å². The Hall–Kier alpha value is -3.25. The molecule has 4 N–H and O–H groups in total. The van der Waals surface area contributed by atoms with Crippen molar-refractivity contribution in [2.24, 2.45) is 0 Å². The summed E-state index contributed by atoms with van der Waals surface area (Å²) < 4.78 is 0. The number of nitrogens with two attached hydrogens (primary N) is 1. The van der Waals surface area contributed by atoms with E-state index in [-0.39, 0.29) is 18.1 Å². The summed E-state index contributed by atoms with van der Waals surface area (Å²) in [4.78, 5) is 21.1. The number of rotatable bonds is 5. The van der Waals surface area contributed by atoms with Crippen molar-refractivity contribution in [3.8, 4) is 11.3 Å². The number of hydrogen-bond donors (Lipinski definition) is 3. The van der Waals surface area contributed by atoms with Crippen LogP contribution in [0.15, 0.2) is 60.8 Å². The van der Waals surface area contributed by atoms with Gasteiger partial charge in [0.1, 0.15) is 0 Å². The number of aliphatic hydroxyl groups is 1. The molecule has 0 radical (unpaired) electrons. The van der Waals surface area contributed by atoms with Crippen LogP contribution in [-0.4, -0.2) is 27.6 Å². The van der Waals surface area contributed by atoms with Crippen LogP contribution in [0.4, 0.5) is 5.82 Å². The van der Waals surface area contributed by atoms with Gasteiger partial charge in [-0.2, -0.15) is 0 Å². The van der Waals surface area contributed by atoms with E-state index in [1.807, 2.05) is 61.5 Å². The Balaban J connectivity index is 1.87. The fourth-order valence-electron chi connectivity index (χ4n) is 2.58. The van der Waals surface area contributed by atoms with Gasteiger partial charge in [-0.05, 0) is 12.5 Å². The maximum Gasteiger partial charge on any atom is 0.274 e. The number of amides is 1. The molecule has 0 saturated carbocycles. The summed E-state index contributed by atoms with van der Waals surface area (Å²) in [6, 6.07) is 16.4. The van der Waals surface area contributed by atoms with Gasteiger partial charge in [0.15, 0.2) is 11.5 Å². The molecule has 0 bridgehead atoms. The van der Waals surface area contributed by atoms with E-state index in [1.54, 1.807) is 0 Å². The molecule has 1 atom stereocenters. The van der Waals surface area contributed by atoms with Crippen LogP contribution in [0.1, 0.15) is 27.7 Å². The first-order valence-electron chi connectivity index (χ1n) is 8.24. The standard InChI is InChI=1S/C20H20N4O2/c1-13-7-9-15(10-8-13)16-11-22-19(21)18(23-16)20(26)24-17(12-25)14-5-3-2-4-6-14/h2-11,17,25H,12H2,1H3,(H2,21,22)(H,24,26)/t17-/m1/s1. The smallest absolute Gasteiger partial charge is 0.274 e. The highest BCUT2D eigenvalue weighted by Gasteiger charge is 2.19. The second-order valence-electron chi connectivity index (χ2n) is 5.97. The SMILES string of the molecule is Cc1ccc(-c2cnc(N)c(C(=O)N[C@H](CO)c3ccccc3)n2)cc1. The van der Waals surface area contributed by atoms with Crippen LogP contribution in [0.25, 0.3) is 11.3 Å². The van der Waals surface area contributed by atoms with Gasteiger partial charge in [-0.1, -0.05) is 60.2 Å². The molecule has 2 aromatic carbocycles. The normalized spacial score (nSPS) is 11.8. The fraction of sp³-hybridized carbons (Fsp3) is 0.150. The highest BCUT2D eigenvalue weighted by molar-refractivity contribution is 5.97. The summed E-state index contributed by atoms with van der Waals surface area (Å²) in [7, 11) is 0. The third kappa shape index (κ3) is 3.87. The molecule has 6 heteroatoms. The third-order valence-corrected chi connectivity index (χ3v) is 4.05.